The predicted molar refractivity (Wildman–Crippen MR) is 79.6 cm³/mol. The van der Waals surface area contributed by atoms with Gasteiger partial charge in [-0.25, -0.2) is 4.79 Å². The standard InChI is InChI=1S/C15H17NO2S/c1-15(2,3)18-14(17)16-13-6-4-11(5-7-13)12-8-9-19-10-12/h4-10H,1-3H3,(H,16,17). The lowest BCUT2D eigenvalue weighted by Gasteiger charge is -2.19. The van der Waals surface area contributed by atoms with E-state index in [0.717, 1.165) is 11.3 Å². The molecule has 0 saturated carbocycles. The molecule has 0 atom stereocenters. The Bertz CT molecular complexity index is 539. The molecule has 0 saturated heterocycles. The summed E-state index contributed by atoms with van der Waals surface area (Å²) in [6.45, 7) is 5.52. The van der Waals surface area contributed by atoms with Crippen molar-refractivity contribution in [3.8, 4) is 11.1 Å². The van der Waals surface area contributed by atoms with Gasteiger partial charge in [-0.05, 0) is 60.9 Å². The monoisotopic (exact) mass is 275 g/mol. The number of ether oxygens (including phenoxy) is 1. The molecule has 0 aliphatic carbocycles. The zero-order valence-electron chi connectivity index (χ0n) is 11.3. The summed E-state index contributed by atoms with van der Waals surface area (Å²) in [7, 11) is 0. The lowest BCUT2D eigenvalue weighted by molar-refractivity contribution is 0.0636. The average Bonchev–Trinajstić information content (AvgIpc) is 2.80. The summed E-state index contributed by atoms with van der Waals surface area (Å²) in [4.78, 5) is 11.6. The maximum Gasteiger partial charge on any atom is 0.412 e. The van der Waals surface area contributed by atoms with E-state index < -0.39 is 11.7 Å². The zero-order valence-corrected chi connectivity index (χ0v) is 12.1. The molecule has 0 radical (unpaired) electrons. The van der Waals surface area contributed by atoms with Crippen LogP contribution in [0.2, 0.25) is 0 Å². The molecule has 1 heterocycles. The van der Waals surface area contributed by atoms with Gasteiger partial charge >= 0.3 is 6.09 Å². The molecule has 1 amide bonds. The van der Waals surface area contributed by atoms with Crippen molar-refractivity contribution >= 4 is 23.1 Å². The molecule has 0 fully saturated rings. The van der Waals surface area contributed by atoms with E-state index >= 15 is 0 Å². The Morgan fingerprint density at radius 3 is 2.32 bits per heavy atom. The van der Waals surface area contributed by atoms with Crippen LogP contribution in [-0.2, 0) is 4.74 Å². The van der Waals surface area contributed by atoms with Crippen molar-refractivity contribution in [2.24, 2.45) is 0 Å². The van der Waals surface area contributed by atoms with Crippen LogP contribution in [0.4, 0.5) is 10.5 Å². The molecular weight excluding hydrogens is 258 g/mol. The summed E-state index contributed by atoms with van der Waals surface area (Å²) >= 11 is 1.67. The smallest absolute Gasteiger partial charge is 0.412 e. The van der Waals surface area contributed by atoms with Crippen molar-refractivity contribution < 1.29 is 9.53 Å². The topological polar surface area (TPSA) is 38.3 Å². The maximum atomic E-state index is 11.6. The number of carbonyl (C=O) groups is 1. The molecule has 100 valence electrons. The van der Waals surface area contributed by atoms with Crippen molar-refractivity contribution in [1.82, 2.24) is 0 Å². The Kier molecular flexibility index (Phi) is 3.90. The maximum absolute atomic E-state index is 11.6. The van der Waals surface area contributed by atoms with Crippen LogP contribution in [0.5, 0.6) is 0 Å². The predicted octanol–water partition coefficient (Wildman–Crippen LogP) is 4.76. The summed E-state index contributed by atoms with van der Waals surface area (Å²) in [6, 6.07) is 9.78. The fourth-order valence-electron chi connectivity index (χ4n) is 1.60. The average molecular weight is 275 g/mol. The summed E-state index contributed by atoms with van der Waals surface area (Å²) in [5, 5.41) is 6.85. The Morgan fingerprint density at radius 1 is 1.11 bits per heavy atom. The molecule has 2 rings (SSSR count). The van der Waals surface area contributed by atoms with Gasteiger partial charge in [-0.1, -0.05) is 12.1 Å². The van der Waals surface area contributed by atoms with Crippen LogP contribution in [0.1, 0.15) is 20.8 Å². The van der Waals surface area contributed by atoms with Crippen molar-refractivity contribution in [1.29, 1.82) is 0 Å². The van der Waals surface area contributed by atoms with Crippen molar-refractivity contribution in [3.05, 3.63) is 41.1 Å². The van der Waals surface area contributed by atoms with Gasteiger partial charge in [0.15, 0.2) is 0 Å². The molecular formula is C15H17NO2S. The van der Waals surface area contributed by atoms with Crippen LogP contribution < -0.4 is 5.32 Å². The van der Waals surface area contributed by atoms with Gasteiger partial charge in [-0.15, -0.1) is 0 Å². The van der Waals surface area contributed by atoms with Gasteiger partial charge in [0.1, 0.15) is 5.60 Å². The van der Waals surface area contributed by atoms with Gasteiger partial charge in [-0.2, -0.15) is 11.3 Å². The second kappa shape index (κ2) is 5.45. The largest absolute Gasteiger partial charge is 0.444 e. The van der Waals surface area contributed by atoms with Crippen molar-refractivity contribution in [2.45, 2.75) is 26.4 Å². The van der Waals surface area contributed by atoms with Crippen molar-refractivity contribution in [2.75, 3.05) is 5.32 Å². The Balaban J connectivity index is 2.01. The second-order valence-corrected chi connectivity index (χ2v) is 6.00. The van der Waals surface area contributed by atoms with Crippen molar-refractivity contribution in [3.63, 3.8) is 0 Å². The van der Waals surface area contributed by atoms with Crippen LogP contribution in [0, 0.1) is 0 Å². The molecule has 0 aliphatic heterocycles. The number of rotatable bonds is 2. The molecule has 0 unspecified atom stereocenters. The van der Waals surface area contributed by atoms with Crippen LogP contribution in [0.3, 0.4) is 0 Å². The highest BCUT2D eigenvalue weighted by Gasteiger charge is 2.16. The number of anilines is 1. The van der Waals surface area contributed by atoms with Crippen LogP contribution in [0.25, 0.3) is 11.1 Å². The fourth-order valence-corrected chi connectivity index (χ4v) is 2.26. The minimum atomic E-state index is -0.485. The Labute approximate surface area is 117 Å². The fraction of sp³-hybridized carbons (Fsp3) is 0.267. The number of nitrogens with one attached hydrogen (secondary N) is 1. The first kappa shape index (κ1) is 13.6. The molecule has 0 spiro atoms. The molecule has 1 N–H and O–H groups in total. The van der Waals surface area contributed by atoms with Gasteiger partial charge in [0.05, 0.1) is 0 Å². The number of hydrogen-bond acceptors (Lipinski definition) is 3. The van der Waals surface area contributed by atoms with E-state index in [1.54, 1.807) is 11.3 Å². The second-order valence-electron chi connectivity index (χ2n) is 5.22. The Morgan fingerprint density at radius 2 is 1.79 bits per heavy atom. The first-order valence-corrected chi connectivity index (χ1v) is 7.01. The minimum absolute atomic E-state index is 0.434. The molecule has 1 aromatic carbocycles. The van der Waals surface area contributed by atoms with E-state index in [0.29, 0.717) is 0 Å². The van der Waals surface area contributed by atoms with Gasteiger partial charge in [0.25, 0.3) is 0 Å². The number of benzene rings is 1. The molecule has 0 bridgehead atoms. The van der Waals surface area contributed by atoms with Gasteiger partial charge in [0, 0.05) is 5.69 Å². The summed E-state index contributed by atoms with van der Waals surface area (Å²) in [5.74, 6) is 0. The molecule has 19 heavy (non-hydrogen) atoms. The summed E-state index contributed by atoms with van der Waals surface area (Å²) < 4.78 is 5.20. The van der Waals surface area contributed by atoms with Crippen LogP contribution in [-0.4, -0.2) is 11.7 Å². The first-order valence-electron chi connectivity index (χ1n) is 6.07. The summed E-state index contributed by atoms with van der Waals surface area (Å²) in [5.41, 5.74) is 2.57. The number of hydrogen-bond donors (Lipinski definition) is 1. The molecule has 4 heteroatoms. The third-order valence-electron chi connectivity index (χ3n) is 2.38. The molecule has 2 aromatic rings. The quantitative estimate of drug-likeness (QED) is 0.858. The number of amides is 1. The number of carbonyl (C=O) groups excluding carboxylic acids is 1. The third kappa shape index (κ3) is 4.10. The molecule has 0 aliphatic rings. The highest BCUT2D eigenvalue weighted by molar-refractivity contribution is 7.08. The van der Waals surface area contributed by atoms with E-state index in [9.17, 15) is 4.79 Å². The molecule has 3 nitrogen and oxygen atoms in total. The SMILES string of the molecule is CC(C)(C)OC(=O)Nc1ccc(-c2ccsc2)cc1. The lowest BCUT2D eigenvalue weighted by Crippen LogP contribution is -2.27. The lowest BCUT2D eigenvalue weighted by atomic mass is 10.1. The Hall–Kier alpha value is -1.81. The minimum Gasteiger partial charge on any atom is -0.444 e. The third-order valence-corrected chi connectivity index (χ3v) is 3.07. The highest BCUT2D eigenvalue weighted by Crippen LogP contribution is 2.23. The van der Waals surface area contributed by atoms with Gasteiger partial charge < -0.3 is 4.74 Å². The normalized spacial score (nSPS) is 11.1. The number of thiophene rings is 1. The first-order chi connectivity index (χ1) is 8.94. The highest BCUT2D eigenvalue weighted by atomic mass is 32.1. The summed E-state index contributed by atoms with van der Waals surface area (Å²) in [6.07, 6.45) is -0.434. The molecule has 1 aromatic heterocycles. The van der Waals surface area contributed by atoms with E-state index in [-0.39, 0.29) is 0 Å². The van der Waals surface area contributed by atoms with E-state index in [1.165, 1.54) is 5.56 Å². The van der Waals surface area contributed by atoms with E-state index in [4.69, 9.17) is 4.74 Å². The van der Waals surface area contributed by atoms with Crippen LogP contribution in [0.15, 0.2) is 41.1 Å². The van der Waals surface area contributed by atoms with E-state index in [2.05, 4.69) is 16.8 Å². The van der Waals surface area contributed by atoms with Gasteiger partial charge in [-0.3, -0.25) is 5.32 Å². The van der Waals surface area contributed by atoms with Crippen LogP contribution >= 0.6 is 11.3 Å². The van der Waals surface area contributed by atoms with Gasteiger partial charge in [0.2, 0.25) is 0 Å². The van der Waals surface area contributed by atoms with E-state index in [1.807, 2.05) is 50.4 Å². The zero-order chi connectivity index (χ0) is 13.9.